The average Bonchev–Trinajstić information content (AvgIpc) is 2.50. The number of piperidine rings is 1. The van der Waals surface area contributed by atoms with Crippen molar-refractivity contribution >= 4 is 36.4 Å². The molecule has 132 valence electrons. The number of carbonyl (C=O) groups is 1. The Balaban J connectivity index is 0.00000242. The maximum Gasteiger partial charge on any atom is 0.251 e. The van der Waals surface area contributed by atoms with Crippen LogP contribution in [-0.4, -0.2) is 38.6 Å². The monoisotopic (exact) mass is 361 g/mol. The van der Waals surface area contributed by atoms with E-state index in [0.717, 1.165) is 43.7 Å². The quantitative estimate of drug-likeness (QED) is 0.846. The van der Waals surface area contributed by atoms with Gasteiger partial charge in [0.25, 0.3) is 5.91 Å². The van der Waals surface area contributed by atoms with E-state index in [1.54, 1.807) is 0 Å². The molecule has 0 aliphatic carbocycles. The number of amides is 1. The van der Waals surface area contributed by atoms with Crippen LogP contribution < -0.4 is 15.5 Å². The van der Waals surface area contributed by atoms with Crippen LogP contribution in [0.15, 0.2) is 24.3 Å². The van der Waals surface area contributed by atoms with Crippen LogP contribution >= 0.6 is 24.8 Å². The number of carbonyl (C=O) groups excluding carboxylic acids is 1. The third-order valence-corrected chi connectivity index (χ3v) is 4.27. The van der Waals surface area contributed by atoms with Gasteiger partial charge in [-0.25, -0.2) is 0 Å². The molecule has 6 heteroatoms. The number of nitrogens with zero attached hydrogens (tertiary/aromatic N) is 1. The lowest BCUT2D eigenvalue weighted by Crippen LogP contribution is -2.50. The molecule has 2 N–H and O–H groups in total. The molecule has 1 aromatic carbocycles. The number of rotatable bonds is 5. The van der Waals surface area contributed by atoms with Crippen LogP contribution in [0.25, 0.3) is 0 Å². The highest BCUT2D eigenvalue weighted by Gasteiger charge is 2.22. The molecule has 1 aliphatic rings. The van der Waals surface area contributed by atoms with Crippen molar-refractivity contribution in [2.75, 3.05) is 31.6 Å². The molecule has 0 bridgehead atoms. The predicted molar refractivity (Wildman–Crippen MR) is 102 cm³/mol. The first kappa shape index (κ1) is 22.0. The van der Waals surface area contributed by atoms with Gasteiger partial charge in [0, 0.05) is 37.4 Å². The Bertz CT molecular complexity index is 467. The molecule has 1 saturated heterocycles. The maximum absolute atomic E-state index is 12.3. The van der Waals surface area contributed by atoms with E-state index in [0.29, 0.717) is 5.92 Å². The fourth-order valence-electron chi connectivity index (χ4n) is 2.77. The lowest BCUT2D eigenvalue weighted by Gasteiger charge is -2.30. The van der Waals surface area contributed by atoms with Gasteiger partial charge in [0.15, 0.2) is 0 Å². The minimum Gasteiger partial charge on any atom is -0.375 e. The SMILES string of the molecule is CCCN(C)c1ccc(C(=O)NC2CNCCC2C)cc1.Cl.Cl. The summed E-state index contributed by atoms with van der Waals surface area (Å²) in [5, 5.41) is 6.48. The Labute approximate surface area is 152 Å². The van der Waals surface area contributed by atoms with E-state index in [1.807, 2.05) is 24.3 Å². The van der Waals surface area contributed by atoms with Gasteiger partial charge in [-0.15, -0.1) is 24.8 Å². The molecule has 0 saturated carbocycles. The average molecular weight is 362 g/mol. The summed E-state index contributed by atoms with van der Waals surface area (Å²) in [5.74, 6) is 0.561. The van der Waals surface area contributed by atoms with Crippen molar-refractivity contribution in [3.05, 3.63) is 29.8 Å². The molecule has 0 aromatic heterocycles. The highest BCUT2D eigenvalue weighted by atomic mass is 35.5. The zero-order valence-corrected chi connectivity index (χ0v) is 15.8. The largest absolute Gasteiger partial charge is 0.375 e. The predicted octanol–water partition coefficient (Wildman–Crippen LogP) is 3.10. The van der Waals surface area contributed by atoms with Gasteiger partial charge < -0.3 is 15.5 Å². The number of hydrogen-bond acceptors (Lipinski definition) is 3. The number of benzene rings is 1. The first-order valence-electron chi connectivity index (χ1n) is 7.94. The minimum absolute atomic E-state index is 0. The molecule has 1 fully saturated rings. The van der Waals surface area contributed by atoms with Gasteiger partial charge in [-0.2, -0.15) is 0 Å². The highest BCUT2D eigenvalue weighted by Crippen LogP contribution is 2.15. The first-order valence-corrected chi connectivity index (χ1v) is 7.94. The van der Waals surface area contributed by atoms with Crippen molar-refractivity contribution in [1.29, 1.82) is 0 Å². The molecule has 1 amide bonds. The summed E-state index contributed by atoms with van der Waals surface area (Å²) in [4.78, 5) is 14.5. The van der Waals surface area contributed by atoms with Crippen LogP contribution in [0.1, 0.15) is 37.0 Å². The molecule has 4 nitrogen and oxygen atoms in total. The van der Waals surface area contributed by atoms with Crippen molar-refractivity contribution in [1.82, 2.24) is 10.6 Å². The molecule has 2 atom stereocenters. The van der Waals surface area contributed by atoms with Gasteiger partial charge in [-0.3, -0.25) is 4.79 Å². The van der Waals surface area contributed by atoms with Gasteiger partial charge >= 0.3 is 0 Å². The maximum atomic E-state index is 12.3. The molecule has 2 unspecified atom stereocenters. The fraction of sp³-hybridized carbons (Fsp3) is 0.588. The van der Waals surface area contributed by atoms with Gasteiger partial charge in [-0.1, -0.05) is 13.8 Å². The molecule has 2 rings (SSSR count). The van der Waals surface area contributed by atoms with Crippen LogP contribution in [-0.2, 0) is 0 Å². The molecular formula is C17H29Cl2N3O. The van der Waals surface area contributed by atoms with E-state index in [-0.39, 0.29) is 36.8 Å². The van der Waals surface area contributed by atoms with Crippen molar-refractivity contribution in [3.63, 3.8) is 0 Å². The third kappa shape index (κ3) is 6.21. The van der Waals surface area contributed by atoms with Crippen LogP contribution in [0.2, 0.25) is 0 Å². The Kier molecular flexibility index (Phi) is 10.3. The van der Waals surface area contributed by atoms with Gasteiger partial charge in [0.1, 0.15) is 0 Å². The summed E-state index contributed by atoms with van der Waals surface area (Å²) < 4.78 is 0. The Morgan fingerprint density at radius 3 is 2.52 bits per heavy atom. The zero-order valence-electron chi connectivity index (χ0n) is 14.2. The number of hydrogen-bond donors (Lipinski definition) is 2. The van der Waals surface area contributed by atoms with E-state index < -0.39 is 0 Å². The number of halogens is 2. The second kappa shape index (κ2) is 10.7. The van der Waals surface area contributed by atoms with E-state index in [4.69, 9.17) is 0 Å². The normalized spacial score (nSPS) is 20.0. The molecule has 23 heavy (non-hydrogen) atoms. The lowest BCUT2D eigenvalue weighted by atomic mass is 9.94. The lowest BCUT2D eigenvalue weighted by molar-refractivity contribution is 0.0915. The molecule has 0 spiro atoms. The topological polar surface area (TPSA) is 44.4 Å². The summed E-state index contributed by atoms with van der Waals surface area (Å²) in [6.45, 7) is 7.30. The standard InChI is InChI=1S/C17H27N3O.2ClH/c1-4-11-20(3)15-7-5-14(6-8-15)17(21)19-16-12-18-10-9-13(16)2;;/h5-8,13,16,18H,4,9-12H2,1-3H3,(H,19,21);2*1H. The zero-order chi connectivity index (χ0) is 15.2. The van der Waals surface area contributed by atoms with Crippen LogP contribution in [0.4, 0.5) is 5.69 Å². The fourth-order valence-corrected chi connectivity index (χ4v) is 2.77. The summed E-state index contributed by atoms with van der Waals surface area (Å²) in [6.07, 6.45) is 2.23. The van der Waals surface area contributed by atoms with Crippen molar-refractivity contribution in [2.24, 2.45) is 5.92 Å². The minimum atomic E-state index is 0. The summed E-state index contributed by atoms with van der Waals surface area (Å²) >= 11 is 0. The third-order valence-electron chi connectivity index (χ3n) is 4.27. The van der Waals surface area contributed by atoms with Crippen LogP contribution in [0.3, 0.4) is 0 Å². The molecule has 0 radical (unpaired) electrons. The Morgan fingerprint density at radius 1 is 1.30 bits per heavy atom. The van der Waals surface area contributed by atoms with E-state index in [9.17, 15) is 4.79 Å². The van der Waals surface area contributed by atoms with E-state index in [1.165, 1.54) is 0 Å². The van der Waals surface area contributed by atoms with Gasteiger partial charge in [-0.05, 0) is 49.6 Å². The first-order chi connectivity index (χ1) is 10.1. The van der Waals surface area contributed by atoms with Crippen molar-refractivity contribution in [3.8, 4) is 0 Å². The van der Waals surface area contributed by atoms with E-state index >= 15 is 0 Å². The van der Waals surface area contributed by atoms with Crippen LogP contribution in [0, 0.1) is 5.92 Å². The Morgan fingerprint density at radius 2 is 1.96 bits per heavy atom. The number of anilines is 1. The summed E-state index contributed by atoms with van der Waals surface area (Å²) in [7, 11) is 2.08. The molecule has 1 aromatic rings. The summed E-state index contributed by atoms with van der Waals surface area (Å²) in [5.41, 5.74) is 1.89. The smallest absolute Gasteiger partial charge is 0.251 e. The second-order valence-electron chi connectivity index (χ2n) is 6.02. The second-order valence-corrected chi connectivity index (χ2v) is 6.02. The van der Waals surface area contributed by atoms with E-state index in [2.05, 4.69) is 36.4 Å². The van der Waals surface area contributed by atoms with Crippen molar-refractivity contribution in [2.45, 2.75) is 32.7 Å². The molecule has 1 aliphatic heterocycles. The van der Waals surface area contributed by atoms with Gasteiger partial charge in [0.2, 0.25) is 0 Å². The highest BCUT2D eigenvalue weighted by molar-refractivity contribution is 5.94. The Hall–Kier alpha value is -0.970. The molecular weight excluding hydrogens is 333 g/mol. The van der Waals surface area contributed by atoms with Crippen molar-refractivity contribution < 1.29 is 4.79 Å². The van der Waals surface area contributed by atoms with Gasteiger partial charge in [0.05, 0.1) is 0 Å². The number of nitrogens with one attached hydrogen (secondary N) is 2. The van der Waals surface area contributed by atoms with Crippen LogP contribution in [0.5, 0.6) is 0 Å². The molecule has 1 heterocycles. The summed E-state index contributed by atoms with van der Waals surface area (Å²) in [6, 6.07) is 8.10.